The molecule has 33 heavy (non-hydrogen) atoms. The van der Waals surface area contributed by atoms with Crippen molar-refractivity contribution in [1.82, 2.24) is 20.4 Å². The fourth-order valence-corrected chi connectivity index (χ4v) is 4.47. The third-order valence-corrected chi connectivity index (χ3v) is 6.31. The first-order chi connectivity index (χ1) is 15.8. The number of guanidine groups is 1. The molecule has 0 radical (unpaired) electrons. The van der Waals surface area contributed by atoms with Gasteiger partial charge in [0.05, 0.1) is 26.0 Å². The van der Waals surface area contributed by atoms with Gasteiger partial charge in [0, 0.05) is 57.8 Å². The lowest BCUT2D eigenvalue weighted by Crippen LogP contribution is -2.45. The van der Waals surface area contributed by atoms with Gasteiger partial charge in [-0.1, -0.05) is 30.3 Å². The Labute approximate surface area is 215 Å². The minimum Gasteiger partial charge on any atom is -0.469 e. The third-order valence-electron chi connectivity index (χ3n) is 6.31. The minimum absolute atomic E-state index is 0. The van der Waals surface area contributed by atoms with Crippen LogP contribution < -0.4 is 10.6 Å². The van der Waals surface area contributed by atoms with Crippen molar-refractivity contribution in [2.75, 3.05) is 52.5 Å². The number of morpholine rings is 1. The topological polar surface area (TPSA) is 65.3 Å². The molecule has 2 aromatic rings. The molecule has 3 heterocycles. The van der Waals surface area contributed by atoms with Gasteiger partial charge in [-0.15, -0.1) is 24.0 Å². The number of furan rings is 1. The van der Waals surface area contributed by atoms with Crippen LogP contribution in [0.15, 0.2) is 58.1 Å². The molecule has 0 bridgehead atoms. The van der Waals surface area contributed by atoms with Gasteiger partial charge in [0.15, 0.2) is 5.96 Å². The molecule has 1 aromatic heterocycles. The van der Waals surface area contributed by atoms with E-state index in [9.17, 15) is 0 Å². The summed E-state index contributed by atoms with van der Waals surface area (Å²) in [5.74, 6) is 1.90. The van der Waals surface area contributed by atoms with Crippen LogP contribution in [0.2, 0.25) is 0 Å². The molecule has 2 aliphatic heterocycles. The minimum atomic E-state index is 0. The number of ether oxygens (including phenoxy) is 1. The van der Waals surface area contributed by atoms with E-state index >= 15 is 0 Å². The summed E-state index contributed by atoms with van der Waals surface area (Å²) in [6.07, 6.45) is 3.69. The van der Waals surface area contributed by atoms with Crippen LogP contribution in [0.3, 0.4) is 0 Å². The van der Waals surface area contributed by atoms with Crippen LogP contribution in [0.25, 0.3) is 0 Å². The van der Waals surface area contributed by atoms with E-state index in [4.69, 9.17) is 14.1 Å². The second kappa shape index (κ2) is 13.9. The molecule has 0 saturated carbocycles. The first-order valence-corrected chi connectivity index (χ1v) is 11.9. The number of nitrogens with zero attached hydrogens (tertiary/aromatic N) is 3. The Hall–Kier alpha value is -1.62. The number of hydrogen-bond acceptors (Lipinski definition) is 5. The summed E-state index contributed by atoms with van der Waals surface area (Å²) in [6.45, 7) is 10.5. The number of hydrogen-bond donors (Lipinski definition) is 2. The van der Waals surface area contributed by atoms with Crippen LogP contribution in [0.1, 0.15) is 24.7 Å². The van der Waals surface area contributed by atoms with Crippen LogP contribution in [-0.4, -0.2) is 80.3 Å². The van der Waals surface area contributed by atoms with Gasteiger partial charge in [-0.05, 0) is 31.0 Å². The second-order valence-corrected chi connectivity index (χ2v) is 8.78. The predicted octanol–water partition coefficient (Wildman–Crippen LogP) is 2.97. The van der Waals surface area contributed by atoms with E-state index in [-0.39, 0.29) is 24.0 Å². The van der Waals surface area contributed by atoms with Crippen LogP contribution in [0, 0.1) is 0 Å². The molecule has 7 nitrogen and oxygen atoms in total. The highest BCUT2D eigenvalue weighted by Crippen LogP contribution is 2.20. The molecule has 182 valence electrons. The average molecular weight is 568 g/mol. The van der Waals surface area contributed by atoms with Crippen molar-refractivity contribution < 1.29 is 9.15 Å². The van der Waals surface area contributed by atoms with Gasteiger partial charge >= 0.3 is 0 Å². The van der Waals surface area contributed by atoms with E-state index in [1.165, 1.54) is 5.56 Å². The van der Waals surface area contributed by atoms with E-state index in [0.717, 1.165) is 83.6 Å². The molecule has 2 unspecified atom stereocenters. The molecular weight excluding hydrogens is 529 g/mol. The lowest BCUT2D eigenvalue weighted by atomic mass is 10.2. The van der Waals surface area contributed by atoms with Gasteiger partial charge in [0.1, 0.15) is 5.76 Å². The smallest absolute Gasteiger partial charge is 0.191 e. The van der Waals surface area contributed by atoms with E-state index in [0.29, 0.717) is 12.1 Å². The zero-order chi connectivity index (χ0) is 22.0. The maximum atomic E-state index is 5.47. The number of likely N-dealkylation sites (tertiary alicyclic amines) is 1. The monoisotopic (exact) mass is 567 g/mol. The molecule has 0 spiro atoms. The van der Waals surface area contributed by atoms with Crippen LogP contribution >= 0.6 is 24.0 Å². The Morgan fingerprint density at radius 2 is 1.94 bits per heavy atom. The van der Waals surface area contributed by atoms with Gasteiger partial charge in [0.2, 0.25) is 0 Å². The van der Waals surface area contributed by atoms with Crippen molar-refractivity contribution in [1.29, 1.82) is 0 Å². The Morgan fingerprint density at radius 3 is 2.70 bits per heavy atom. The zero-order valence-corrected chi connectivity index (χ0v) is 21.9. The first-order valence-electron chi connectivity index (χ1n) is 11.9. The van der Waals surface area contributed by atoms with Crippen molar-refractivity contribution in [3.8, 4) is 0 Å². The van der Waals surface area contributed by atoms with E-state index in [2.05, 4.69) is 57.7 Å². The summed E-state index contributed by atoms with van der Waals surface area (Å²) in [5, 5.41) is 7.22. The second-order valence-electron chi connectivity index (χ2n) is 8.78. The molecule has 0 amide bonds. The highest BCUT2D eigenvalue weighted by molar-refractivity contribution is 14.0. The normalized spacial score (nSPS) is 22.2. The Kier molecular flexibility index (Phi) is 11.0. The Balaban J connectivity index is 0.00000306. The van der Waals surface area contributed by atoms with E-state index in [1.54, 1.807) is 6.26 Å². The largest absolute Gasteiger partial charge is 0.469 e. The Bertz CT molecular complexity index is 811. The molecular formula is C25H38IN5O2. The summed E-state index contributed by atoms with van der Waals surface area (Å²) in [6, 6.07) is 15.6. The molecule has 2 fully saturated rings. The summed E-state index contributed by atoms with van der Waals surface area (Å²) in [7, 11) is 0. The predicted molar refractivity (Wildman–Crippen MR) is 143 cm³/mol. The molecule has 2 aliphatic rings. The van der Waals surface area contributed by atoms with Crippen molar-refractivity contribution >= 4 is 29.9 Å². The standard InChI is InChI=1S/C25H37N5O2.HI/c1-21-18-23(20-30(21)19-22-6-3-2-4-7-22)28-25(26-10-9-24-8-5-15-32-24)27-11-12-29-13-16-31-17-14-29;/h2-8,15,21,23H,9-14,16-20H2,1H3,(H2,26,27,28);1H. The summed E-state index contributed by atoms with van der Waals surface area (Å²) in [5.41, 5.74) is 1.37. The first kappa shape index (κ1) is 26.0. The number of halogens is 1. The van der Waals surface area contributed by atoms with E-state index < -0.39 is 0 Å². The fourth-order valence-electron chi connectivity index (χ4n) is 4.47. The van der Waals surface area contributed by atoms with Crippen molar-refractivity contribution in [2.45, 2.75) is 38.4 Å². The summed E-state index contributed by atoms with van der Waals surface area (Å²) in [4.78, 5) is 9.88. The van der Waals surface area contributed by atoms with Gasteiger partial charge in [-0.2, -0.15) is 0 Å². The highest BCUT2D eigenvalue weighted by atomic mass is 127. The molecule has 8 heteroatoms. The molecule has 0 aliphatic carbocycles. The van der Waals surface area contributed by atoms with E-state index in [1.807, 2.05) is 12.1 Å². The molecule has 2 N–H and O–H groups in total. The quantitative estimate of drug-likeness (QED) is 0.276. The maximum absolute atomic E-state index is 5.47. The lowest BCUT2D eigenvalue weighted by molar-refractivity contribution is 0.0394. The third kappa shape index (κ3) is 8.59. The summed E-state index contributed by atoms with van der Waals surface area (Å²) >= 11 is 0. The highest BCUT2D eigenvalue weighted by Gasteiger charge is 2.29. The van der Waals surface area contributed by atoms with Crippen molar-refractivity contribution in [3.05, 3.63) is 60.1 Å². The maximum Gasteiger partial charge on any atom is 0.191 e. The van der Waals surface area contributed by atoms with Gasteiger partial charge in [-0.3, -0.25) is 14.8 Å². The van der Waals surface area contributed by atoms with Gasteiger partial charge in [0.25, 0.3) is 0 Å². The van der Waals surface area contributed by atoms with Gasteiger partial charge < -0.3 is 19.8 Å². The van der Waals surface area contributed by atoms with Crippen molar-refractivity contribution in [2.24, 2.45) is 4.99 Å². The van der Waals surface area contributed by atoms with Crippen LogP contribution in [-0.2, 0) is 17.7 Å². The molecule has 1 aromatic carbocycles. The summed E-state index contributed by atoms with van der Waals surface area (Å²) < 4.78 is 10.9. The fraction of sp³-hybridized carbons (Fsp3) is 0.560. The van der Waals surface area contributed by atoms with Crippen molar-refractivity contribution in [3.63, 3.8) is 0 Å². The Morgan fingerprint density at radius 1 is 1.12 bits per heavy atom. The SMILES string of the molecule is CC1CC(NC(=NCCN2CCOCC2)NCCc2ccco2)CN1Cc1ccccc1.I. The lowest BCUT2D eigenvalue weighted by Gasteiger charge is -2.26. The average Bonchev–Trinajstić information content (AvgIpc) is 3.45. The zero-order valence-electron chi connectivity index (χ0n) is 19.6. The van der Waals surface area contributed by atoms with Crippen LogP contribution in [0.5, 0.6) is 0 Å². The molecule has 2 atom stereocenters. The number of nitrogens with one attached hydrogen (secondary N) is 2. The van der Waals surface area contributed by atoms with Gasteiger partial charge in [-0.25, -0.2) is 0 Å². The number of benzene rings is 1. The molecule has 4 rings (SSSR count). The number of rotatable bonds is 9. The number of aliphatic imine (C=N–C) groups is 1. The molecule has 2 saturated heterocycles. The van der Waals surface area contributed by atoms with Crippen LogP contribution in [0.4, 0.5) is 0 Å².